The molecule has 2 heterocycles. The number of nitrogens with zero attached hydrogens (tertiary/aromatic N) is 1. The van der Waals surface area contributed by atoms with E-state index in [1.54, 1.807) is 0 Å². The van der Waals surface area contributed by atoms with Gasteiger partial charge in [0.15, 0.2) is 5.76 Å². The third-order valence-electron chi connectivity index (χ3n) is 3.93. The van der Waals surface area contributed by atoms with E-state index < -0.39 is 0 Å². The van der Waals surface area contributed by atoms with Crippen LogP contribution in [0.4, 0.5) is 0 Å². The third-order valence-corrected chi connectivity index (χ3v) is 4.84. The van der Waals surface area contributed by atoms with E-state index in [0.717, 1.165) is 33.0 Å². The molecule has 4 aromatic rings. The van der Waals surface area contributed by atoms with E-state index in [9.17, 15) is 4.79 Å². The Balaban J connectivity index is 1.71. The fraction of sp³-hybridized carbons (Fsp3) is 0.100. The Hall–Kier alpha value is -2.92. The molecule has 0 radical (unpaired) electrons. The summed E-state index contributed by atoms with van der Waals surface area (Å²) in [5.74, 6) is 0.646. The Labute approximate surface area is 149 Å². The molecule has 0 saturated heterocycles. The molecule has 124 valence electrons. The molecule has 25 heavy (non-hydrogen) atoms. The summed E-state index contributed by atoms with van der Waals surface area (Å²) in [7, 11) is 0. The first kappa shape index (κ1) is 15.6. The van der Waals surface area contributed by atoms with Crippen LogP contribution >= 0.6 is 11.3 Å². The van der Waals surface area contributed by atoms with E-state index in [2.05, 4.69) is 5.32 Å². The van der Waals surface area contributed by atoms with Gasteiger partial charge in [-0.2, -0.15) is 0 Å². The molecule has 1 amide bonds. The molecular formula is C20H16N2O2S. The van der Waals surface area contributed by atoms with Gasteiger partial charge in [-0.1, -0.05) is 48.5 Å². The van der Waals surface area contributed by atoms with Crippen LogP contribution in [0.25, 0.3) is 22.4 Å². The van der Waals surface area contributed by atoms with Crippen molar-refractivity contribution in [2.75, 3.05) is 0 Å². The van der Waals surface area contributed by atoms with E-state index in [1.165, 1.54) is 18.3 Å². The molecule has 0 bridgehead atoms. The largest absolute Gasteiger partial charge is 0.454 e. The molecular weight excluding hydrogens is 332 g/mol. The van der Waals surface area contributed by atoms with Gasteiger partial charge in [-0.15, -0.1) is 11.3 Å². The van der Waals surface area contributed by atoms with E-state index in [0.29, 0.717) is 0 Å². The van der Waals surface area contributed by atoms with Gasteiger partial charge in [-0.3, -0.25) is 4.79 Å². The fourth-order valence-corrected chi connectivity index (χ4v) is 3.66. The van der Waals surface area contributed by atoms with Crippen molar-refractivity contribution in [3.63, 3.8) is 0 Å². The Morgan fingerprint density at radius 2 is 1.88 bits per heavy atom. The van der Waals surface area contributed by atoms with Crippen LogP contribution in [-0.2, 0) is 4.79 Å². The second-order valence-electron chi connectivity index (χ2n) is 5.76. The predicted octanol–water partition coefficient (Wildman–Crippen LogP) is 4.78. The molecule has 2 aromatic carbocycles. The number of thiazole rings is 1. The molecule has 2 aromatic heterocycles. The summed E-state index contributed by atoms with van der Waals surface area (Å²) in [4.78, 5) is 16.4. The van der Waals surface area contributed by atoms with Crippen molar-refractivity contribution in [3.8, 4) is 11.5 Å². The number of benzene rings is 2. The Morgan fingerprint density at radius 1 is 1.12 bits per heavy atom. The molecule has 0 aliphatic carbocycles. The molecule has 5 heteroatoms. The van der Waals surface area contributed by atoms with Crippen molar-refractivity contribution in [1.82, 2.24) is 10.3 Å². The Morgan fingerprint density at radius 3 is 2.64 bits per heavy atom. The number of fused-ring (bicyclic) bond motifs is 1. The maximum atomic E-state index is 11.6. The lowest BCUT2D eigenvalue weighted by Crippen LogP contribution is -2.26. The molecule has 1 unspecified atom stereocenters. The maximum Gasteiger partial charge on any atom is 0.217 e. The van der Waals surface area contributed by atoms with Gasteiger partial charge in [0.25, 0.3) is 0 Å². The fourth-order valence-electron chi connectivity index (χ4n) is 2.78. The van der Waals surface area contributed by atoms with Crippen LogP contribution in [0.3, 0.4) is 0 Å². The number of para-hydroxylation sites is 1. The molecule has 1 atom stereocenters. The van der Waals surface area contributed by atoms with Crippen molar-refractivity contribution >= 4 is 28.2 Å². The highest BCUT2D eigenvalue weighted by Gasteiger charge is 2.20. The molecule has 0 aliphatic heterocycles. The SMILES string of the molecule is CC(=O)NC(c1ccccc1)c1nc(-c2cc3ccccc3o2)cs1. The first-order chi connectivity index (χ1) is 12.2. The summed E-state index contributed by atoms with van der Waals surface area (Å²) < 4.78 is 5.89. The average molecular weight is 348 g/mol. The van der Waals surface area contributed by atoms with E-state index in [4.69, 9.17) is 9.40 Å². The number of hydrogen-bond acceptors (Lipinski definition) is 4. The van der Waals surface area contributed by atoms with Gasteiger partial charge in [0, 0.05) is 17.7 Å². The molecule has 0 spiro atoms. The molecule has 4 nitrogen and oxygen atoms in total. The summed E-state index contributed by atoms with van der Waals surface area (Å²) in [6.07, 6.45) is 0. The quantitative estimate of drug-likeness (QED) is 0.577. The van der Waals surface area contributed by atoms with Crippen molar-refractivity contribution in [3.05, 3.63) is 76.6 Å². The number of rotatable bonds is 4. The number of furan rings is 1. The number of amides is 1. The number of hydrogen-bond donors (Lipinski definition) is 1. The minimum Gasteiger partial charge on any atom is -0.454 e. The van der Waals surface area contributed by atoms with Gasteiger partial charge in [-0.05, 0) is 17.7 Å². The second-order valence-corrected chi connectivity index (χ2v) is 6.65. The summed E-state index contributed by atoms with van der Waals surface area (Å²) in [5, 5.41) is 6.83. The van der Waals surface area contributed by atoms with Crippen LogP contribution in [0.15, 0.2) is 70.5 Å². The first-order valence-corrected chi connectivity index (χ1v) is 8.85. The van der Waals surface area contributed by atoms with Crippen molar-refractivity contribution < 1.29 is 9.21 Å². The minimum atomic E-state index is -0.262. The summed E-state index contributed by atoms with van der Waals surface area (Å²) >= 11 is 1.51. The lowest BCUT2D eigenvalue weighted by atomic mass is 10.1. The van der Waals surface area contributed by atoms with E-state index in [-0.39, 0.29) is 11.9 Å². The lowest BCUT2D eigenvalue weighted by molar-refractivity contribution is -0.119. The molecule has 4 rings (SSSR count). The van der Waals surface area contributed by atoms with Crippen molar-refractivity contribution in [2.45, 2.75) is 13.0 Å². The van der Waals surface area contributed by atoms with Crippen LogP contribution in [-0.4, -0.2) is 10.9 Å². The normalized spacial score (nSPS) is 12.2. The monoisotopic (exact) mass is 348 g/mol. The smallest absolute Gasteiger partial charge is 0.217 e. The van der Waals surface area contributed by atoms with Gasteiger partial charge in [-0.25, -0.2) is 4.98 Å². The summed E-state index contributed by atoms with van der Waals surface area (Å²) in [6.45, 7) is 1.52. The van der Waals surface area contributed by atoms with Crippen molar-refractivity contribution in [1.29, 1.82) is 0 Å². The van der Waals surface area contributed by atoms with Gasteiger partial charge in [0.2, 0.25) is 5.91 Å². The highest BCUT2D eigenvalue weighted by molar-refractivity contribution is 7.10. The number of aromatic nitrogens is 1. The minimum absolute atomic E-state index is 0.0886. The zero-order valence-electron chi connectivity index (χ0n) is 13.6. The molecule has 1 N–H and O–H groups in total. The second kappa shape index (κ2) is 6.53. The van der Waals surface area contributed by atoms with E-state index >= 15 is 0 Å². The lowest BCUT2D eigenvalue weighted by Gasteiger charge is -2.15. The topological polar surface area (TPSA) is 55.1 Å². The molecule has 0 saturated carbocycles. The Bertz CT molecular complexity index is 987. The highest BCUT2D eigenvalue weighted by atomic mass is 32.1. The van der Waals surface area contributed by atoms with E-state index in [1.807, 2.05) is 66.0 Å². The summed E-state index contributed by atoms with van der Waals surface area (Å²) in [5.41, 5.74) is 2.62. The average Bonchev–Trinajstić information content (AvgIpc) is 3.27. The zero-order valence-corrected chi connectivity index (χ0v) is 14.4. The molecule has 0 aliphatic rings. The predicted molar refractivity (Wildman–Crippen MR) is 99.4 cm³/mol. The Kier molecular flexibility index (Phi) is 4.07. The number of carbonyl (C=O) groups is 1. The van der Waals surface area contributed by atoms with Crippen LogP contribution < -0.4 is 5.32 Å². The number of nitrogens with one attached hydrogen (secondary N) is 1. The molecule has 0 fully saturated rings. The van der Waals surface area contributed by atoms with Crippen LogP contribution in [0.5, 0.6) is 0 Å². The standard InChI is InChI=1S/C20H16N2O2S/c1-13(23)21-19(14-7-3-2-4-8-14)20-22-16(12-25-20)18-11-15-9-5-6-10-17(15)24-18/h2-12,19H,1H3,(H,21,23). The number of carbonyl (C=O) groups excluding carboxylic acids is 1. The summed E-state index contributed by atoms with van der Waals surface area (Å²) in [6, 6.07) is 19.5. The van der Waals surface area contributed by atoms with Crippen LogP contribution in [0, 0.1) is 0 Å². The highest BCUT2D eigenvalue weighted by Crippen LogP contribution is 2.32. The van der Waals surface area contributed by atoms with Crippen molar-refractivity contribution in [2.24, 2.45) is 0 Å². The first-order valence-electron chi connectivity index (χ1n) is 7.97. The van der Waals surface area contributed by atoms with Gasteiger partial charge >= 0.3 is 0 Å². The van der Waals surface area contributed by atoms with Gasteiger partial charge in [0.1, 0.15) is 22.3 Å². The third kappa shape index (κ3) is 3.19. The van der Waals surface area contributed by atoms with Gasteiger partial charge in [0.05, 0.1) is 0 Å². The van der Waals surface area contributed by atoms with Gasteiger partial charge < -0.3 is 9.73 Å². The van der Waals surface area contributed by atoms with Crippen LogP contribution in [0.1, 0.15) is 23.5 Å². The zero-order chi connectivity index (χ0) is 17.2. The maximum absolute atomic E-state index is 11.6. The van der Waals surface area contributed by atoms with Crippen LogP contribution in [0.2, 0.25) is 0 Å².